The van der Waals surface area contributed by atoms with E-state index in [-0.39, 0.29) is 5.91 Å². The molecule has 1 aromatic rings. The van der Waals surface area contributed by atoms with Crippen LogP contribution in [0, 0.1) is 5.92 Å². The lowest BCUT2D eigenvalue weighted by Gasteiger charge is -2.42. The Morgan fingerprint density at radius 1 is 1.15 bits per heavy atom. The van der Waals surface area contributed by atoms with Gasteiger partial charge in [-0.2, -0.15) is 13.2 Å². The molecule has 3 rings (SSSR count). The molecular formula is C21H29F3N2O. The lowest BCUT2D eigenvalue weighted by Crippen LogP contribution is -2.49. The predicted octanol–water partition coefficient (Wildman–Crippen LogP) is 4.36. The molecule has 1 amide bonds. The van der Waals surface area contributed by atoms with Gasteiger partial charge in [0.1, 0.15) is 0 Å². The minimum Gasteiger partial charge on any atom is -0.343 e. The quantitative estimate of drug-likeness (QED) is 0.772. The van der Waals surface area contributed by atoms with Crippen molar-refractivity contribution in [3.05, 3.63) is 35.4 Å². The highest BCUT2D eigenvalue weighted by Crippen LogP contribution is 2.31. The first-order chi connectivity index (χ1) is 12.8. The topological polar surface area (TPSA) is 23.6 Å². The number of likely N-dealkylation sites (tertiary alicyclic amines) is 2. The van der Waals surface area contributed by atoms with E-state index in [1.54, 1.807) is 13.0 Å². The second-order valence-corrected chi connectivity index (χ2v) is 7.98. The SMILES string of the molecule is CC(=O)N1CCC(N2CCCC(CCc3cccc(C(F)(F)F)c3)C2)CC1. The summed E-state index contributed by atoms with van der Waals surface area (Å²) < 4.78 is 38.6. The normalized spacial score (nSPS) is 22.8. The van der Waals surface area contributed by atoms with Gasteiger partial charge in [-0.05, 0) is 62.6 Å². The van der Waals surface area contributed by atoms with E-state index < -0.39 is 11.7 Å². The van der Waals surface area contributed by atoms with Crippen LogP contribution in [0.25, 0.3) is 0 Å². The van der Waals surface area contributed by atoms with Gasteiger partial charge in [0, 0.05) is 32.6 Å². The lowest BCUT2D eigenvalue weighted by atomic mass is 9.89. The van der Waals surface area contributed by atoms with Crippen molar-refractivity contribution in [1.29, 1.82) is 0 Å². The van der Waals surface area contributed by atoms with E-state index >= 15 is 0 Å². The minimum absolute atomic E-state index is 0.158. The number of benzene rings is 1. The number of alkyl halides is 3. The molecule has 2 fully saturated rings. The van der Waals surface area contributed by atoms with Crippen LogP contribution in [0.2, 0.25) is 0 Å². The van der Waals surface area contributed by atoms with E-state index in [4.69, 9.17) is 0 Å². The summed E-state index contributed by atoms with van der Waals surface area (Å²) in [5.74, 6) is 0.699. The van der Waals surface area contributed by atoms with Crippen LogP contribution in [0.5, 0.6) is 0 Å². The zero-order valence-corrected chi connectivity index (χ0v) is 16.0. The Morgan fingerprint density at radius 3 is 2.56 bits per heavy atom. The highest BCUT2D eigenvalue weighted by atomic mass is 19.4. The largest absolute Gasteiger partial charge is 0.416 e. The fraction of sp³-hybridized carbons (Fsp3) is 0.667. The van der Waals surface area contributed by atoms with Crippen molar-refractivity contribution in [2.45, 2.75) is 57.7 Å². The third kappa shape index (κ3) is 5.47. The first-order valence-corrected chi connectivity index (χ1v) is 9.98. The molecule has 2 saturated heterocycles. The van der Waals surface area contributed by atoms with E-state index in [1.165, 1.54) is 12.1 Å². The summed E-state index contributed by atoms with van der Waals surface area (Å²) in [5, 5.41) is 0. The van der Waals surface area contributed by atoms with Crippen molar-refractivity contribution < 1.29 is 18.0 Å². The standard InChI is InChI=1S/C21H29F3N2O/c1-16(27)25-12-9-20(10-13-25)26-11-3-5-18(15-26)8-7-17-4-2-6-19(14-17)21(22,23)24/h2,4,6,14,18,20H,3,5,7-13,15H2,1H3. The molecule has 2 heterocycles. The van der Waals surface area contributed by atoms with Crippen molar-refractivity contribution in [2.75, 3.05) is 26.2 Å². The fourth-order valence-electron chi connectivity index (χ4n) is 4.48. The number of carbonyl (C=O) groups excluding carboxylic acids is 1. The van der Waals surface area contributed by atoms with E-state index in [1.807, 2.05) is 4.90 Å². The van der Waals surface area contributed by atoms with Crippen LogP contribution in [-0.2, 0) is 17.4 Å². The van der Waals surface area contributed by atoms with Gasteiger partial charge >= 0.3 is 6.18 Å². The maximum atomic E-state index is 12.9. The van der Waals surface area contributed by atoms with Gasteiger partial charge in [-0.3, -0.25) is 9.69 Å². The predicted molar refractivity (Wildman–Crippen MR) is 99.3 cm³/mol. The van der Waals surface area contributed by atoms with Gasteiger partial charge in [0.2, 0.25) is 5.91 Å². The van der Waals surface area contributed by atoms with Crippen molar-refractivity contribution in [1.82, 2.24) is 9.80 Å². The second kappa shape index (κ2) is 8.63. The summed E-state index contributed by atoms with van der Waals surface area (Å²) >= 11 is 0. The summed E-state index contributed by atoms with van der Waals surface area (Å²) in [6.07, 6.45) is 1.73. The van der Waals surface area contributed by atoms with E-state index in [9.17, 15) is 18.0 Å². The molecule has 1 unspecified atom stereocenters. The maximum absolute atomic E-state index is 12.9. The van der Waals surface area contributed by atoms with E-state index in [2.05, 4.69) is 4.90 Å². The molecule has 2 aliphatic rings. The number of hydrogen-bond donors (Lipinski definition) is 0. The number of amides is 1. The molecule has 2 aliphatic heterocycles. The van der Waals surface area contributed by atoms with Gasteiger partial charge in [0.05, 0.1) is 5.56 Å². The van der Waals surface area contributed by atoms with Crippen molar-refractivity contribution in [2.24, 2.45) is 5.92 Å². The molecule has 1 atom stereocenters. The van der Waals surface area contributed by atoms with Gasteiger partial charge in [0.25, 0.3) is 0 Å². The number of halogens is 3. The number of hydrogen-bond acceptors (Lipinski definition) is 2. The van der Waals surface area contributed by atoms with Crippen LogP contribution in [-0.4, -0.2) is 47.9 Å². The summed E-state index contributed by atoms with van der Waals surface area (Å²) in [5.41, 5.74) is 0.221. The molecule has 0 spiro atoms. The Kier molecular flexibility index (Phi) is 6.45. The molecule has 6 heteroatoms. The average Bonchev–Trinajstić information content (AvgIpc) is 2.66. The molecule has 150 valence electrons. The van der Waals surface area contributed by atoms with Gasteiger partial charge in [0.15, 0.2) is 0 Å². The third-order valence-corrected chi connectivity index (χ3v) is 6.07. The van der Waals surface area contributed by atoms with Gasteiger partial charge in [-0.15, -0.1) is 0 Å². The number of rotatable bonds is 4. The molecule has 1 aromatic carbocycles. The van der Waals surface area contributed by atoms with Crippen molar-refractivity contribution in [3.8, 4) is 0 Å². The van der Waals surface area contributed by atoms with Gasteiger partial charge in [-0.1, -0.05) is 18.2 Å². The zero-order chi connectivity index (χ0) is 19.4. The first-order valence-electron chi connectivity index (χ1n) is 9.98. The molecule has 0 aliphatic carbocycles. The summed E-state index contributed by atoms with van der Waals surface area (Å²) in [4.78, 5) is 16.0. The maximum Gasteiger partial charge on any atom is 0.416 e. The molecule has 3 nitrogen and oxygen atoms in total. The Morgan fingerprint density at radius 2 is 1.89 bits per heavy atom. The smallest absolute Gasteiger partial charge is 0.343 e. The van der Waals surface area contributed by atoms with Gasteiger partial charge in [-0.25, -0.2) is 0 Å². The molecule has 27 heavy (non-hydrogen) atoms. The lowest BCUT2D eigenvalue weighted by molar-refractivity contribution is -0.137. The van der Waals surface area contributed by atoms with Crippen molar-refractivity contribution >= 4 is 5.91 Å². The third-order valence-electron chi connectivity index (χ3n) is 6.07. The molecular weight excluding hydrogens is 353 g/mol. The molecule has 0 saturated carbocycles. The summed E-state index contributed by atoms with van der Waals surface area (Å²) in [6.45, 7) is 5.44. The first kappa shape index (κ1) is 20.2. The zero-order valence-electron chi connectivity index (χ0n) is 16.0. The van der Waals surface area contributed by atoms with E-state index in [0.29, 0.717) is 18.4 Å². The fourth-order valence-corrected chi connectivity index (χ4v) is 4.48. The average molecular weight is 382 g/mol. The van der Waals surface area contributed by atoms with Crippen LogP contribution in [0.4, 0.5) is 13.2 Å². The molecule has 0 aromatic heterocycles. The number of aryl methyl sites for hydroxylation is 1. The van der Waals surface area contributed by atoms with Crippen LogP contribution >= 0.6 is 0 Å². The Bertz CT molecular complexity index is 639. The summed E-state index contributed by atoms with van der Waals surface area (Å²) in [7, 11) is 0. The molecule has 0 N–H and O–H groups in total. The molecule has 0 radical (unpaired) electrons. The number of nitrogens with zero attached hydrogens (tertiary/aromatic N) is 2. The number of carbonyl (C=O) groups is 1. The van der Waals surface area contributed by atoms with Gasteiger partial charge < -0.3 is 4.90 Å². The van der Waals surface area contributed by atoms with Crippen LogP contribution < -0.4 is 0 Å². The van der Waals surface area contributed by atoms with E-state index in [0.717, 1.165) is 69.9 Å². The van der Waals surface area contributed by atoms with Crippen LogP contribution in [0.1, 0.15) is 50.2 Å². The second-order valence-electron chi connectivity index (χ2n) is 7.98. The van der Waals surface area contributed by atoms with Crippen LogP contribution in [0.3, 0.4) is 0 Å². The minimum atomic E-state index is -4.27. The van der Waals surface area contributed by atoms with Crippen molar-refractivity contribution in [3.63, 3.8) is 0 Å². The summed E-state index contributed by atoms with van der Waals surface area (Å²) in [6, 6.07) is 6.27. The Labute approximate surface area is 159 Å². The monoisotopic (exact) mass is 382 g/mol. The van der Waals surface area contributed by atoms with Crippen LogP contribution in [0.15, 0.2) is 24.3 Å². The Hall–Kier alpha value is -1.56. The highest BCUT2D eigenvalue weighted by molar-refractivity contribution is 5.73. The Balaban J connectivity index is 1.50. The highest BCUT2D eigenvalue weighted by Gasteiger charge is 2.31. The molecule has 0 bridgehead atoms. The number of piperidine rings is 2.